The number of aryl methyl sites for hydroxylation is 1. The zero-order chi connectivity index (χ0) is 19.8. The van der Waals surface area contributed by atoms with Crippen LogP contribution in [0.15, 0.2) is 48.7 Å². The largest absolute Gasteiger partial charge is 0.326 e. The van der Waals surface area contributed by atoms with Crippen molar-refractivity contribution >= 4 is 46.5 Å². The molecule has 0 saturated carbocycles. The Kier molecular flexibility index (Phi) is 4.83. The number of aromatic nitrogens is 2. The molecule has 0 radical (unpaired) electrons. The maximum absolute atomic E-state index is 12.4. The standard InChI is InChI=1S/C20H16Cl2N4O2/c1-11-2-4-12(5-3-11)14-10-23-26-17(20(28)25-19(14)26)9-18(27)24-13-6-7-15(21)16(22)8-13/h2-8,10,17H,9H2,1H3,(H,24,27)(H,25,28). The molecule has 0 bridgehead atoms. The second kappa shape index (κ2) is 7.30. The van der Waals surface area contributed by atoms with Crippen molar-refractivity contribution in [2.75, 3.05) is 10.6 Å². The second-order valence-corrected chi connectivity index (χ2v) is 7.42. The number of carbonyl (C=O) groups is 2. The van der Waals surface area contributed by atoms with Crippen LogP contribution in [0.3, 0.4) is 0 Å². The lowest BCUT2D eigenvalue weighted by Crippen LogP contribution is -2.23. The number of nitrogens with one attached hydrogen (secondary N) is 2. The molecule has 1 aliphatic rings. The molecule has 1 aromatic heterocycles. The van der Waals surface area contributed by atoms with Crippen molar-refractivity contribution in [2.24, 2.45) is 0 Å². The van der Waals surface area contributed by atoms with Gasteiger partial charge in [0.05, 0.1) is 22.7 Å². The van der Waals surface area contributed by atoms with Gasteiger partial charge in [-0.15, -0.1) is 0 Å². The van der Waals surface area contributed by atoms with Crippen LogP contribution in [-0.4, -0.2) is 21.6 Å². The molecule has 6 nitrogen and oxygen atoms in total. The van der Waals surface area contributed by atoms with Gasteiger partial charge in [0.15, 0.2) is 0 Å². The summed E-state index contributed by atoms with van der Waals surface area (Å²) >= 11 is 11.8. The van der Waals surface area contributed by atoms with Gasteiger partial charge in [-0.3, -0.25) is 9.59 Å². The maximum atomic E-state index is 12.4. The predicted molar refractivity (Wildman–Crippen MR) is 110 cm³/mol. The van der Waals surface area contributed by atoms with Crippen molar-refractivity contribution in [3.63, 3.8) is 0 Å². The molecule has 8 heteroatoms. The Labute approximate surface area is 171 Å². The van der Waals surface area contributed by atoms with Crippen molar-refractivity contribution in [1.82, 2.24) is 9.78 Å². The van der Waals surface area contributed by atoms with E-state index in [4.69, 9.17) is 23.2 Å². The lowest BCUT2D eigenvalue weighted by atomic mass is 10.1. The van der Waals surface area contributed by atoms with E-state index >= 15 is 0 Å². The maximum Gasteiger partial charge on any atom is 0.251 e. The molecule has 28 heavy (non-hydrogen) atoms. The van der Waals surface area contributed by atoms with Crippen LogP contribution in [0.4, 0.5) is 11.5 Å². The van der Waals surface area contributed by atoms with Crippen molar-refractivity contribution in [1.29, 1.82) is 0 Å². The molecule has 3 aromatic rings. The van der Waals surface area contributed by atoms with Crippen LogP contribution in [0, 0.1) is 6.92 Å². The summed E-state index contributed by atoms with van der Waals surface area (Å²) in [4.78, 5) is 24.9. The van der Waals surface area contributed by atoms with Gasteiger partial charge in [0.1, 0.15) is 11.9 Å². The minimum absolute atomic E-state index is 0.0475. The van der Waals surface area contributed by atoms with E-state index in [1.165, 1.54) is 0 Å². The predicted octanol–water partition coefficient (Wildman–Crippen LogP) is 4.69. The van der Waals surface area contributed by atoms with Crippen molar-refractivity contribution in [2.45, 2.75) is 19.4 Å². The van der Waals surface area contributed by atoms with Gasteiger partial charge in [0, 0.05) is 11.3 Å². The van der Waals surface area contributed by atoms with Crippen molar-refractivity contribution in [3.8, 4) is 11.1 Å². The summed E-state index contributed by atoms with van der Waals surface area (Å²) in [5.74, 6) is 0.0146. The molecule has 1 atom stereocenters. The molecule has 0 fully saturated rings. The van der Waals surface area contributed by atoms with Crippen LogP contribution in [0.2, 0.25) is 10.0 Å². The number of nitrogens with zero attached hydrogens (tertiary/aromatic N) is 2. The number of amides is 2. The van der Waals surface area contributed by atoms with E-state index in [0.29, 0.717) is 21.6 Å². The highest BCUT2D eigenvalue weighted by Gasteiger charge is 2.35. The highest BCUT2D eigenvalue weighted by molar-refractivity contribution is 6.42. The number of hydrogen-bond acceptors (Lipinski definition) is 3. The van der Waals surface area contributed by atoms with Gasteiger partial charge in [0.25, 0.3) is 5.91 Å². The monoisotopic (exact) mass is 414 g/mol. The molecule has 142 valence electrons. The Morgan fingerprint density at radius 3 is 2.64 bits per heavy atom. The van der Waals surface area contributed by atoms with Crippen LogP contribution in [0.5, 0.6) is 0 Å². The Bertz CT molecular complexity index is 1080. The Morgan fingerprint density at radius 1 is 1.18 bits per heavy atom. The molecule has 1 unspecified atom stereocenters. The van der Waals surface area contributed by atoms with Gasteiger partial charge in [0.2, 0.25) is 5.91 Å². The van der Waals surface area contributed by atoms with E-state index in [0.717, 1.165) is 16.7 Å². The second-order valence-electron chi connectivity index (χ2n) is 6.60. The highest BCUT2D eigenvalue weighted by atomic mass is 35.5. The average molecular weight is 415 g/mol. The number of halogens is 2. The molecular weight excluding hydrogens is 399 g/mol. The number of hydrogen-bond donors (Lipinski definition) is 2. The summed E-state index contributed by atoms with van der Waals surface area (Å²) in [5.41, 5.74) is 3.43. The molecule has 2 heterocycles. The Morgan fingerprint density at radius 2 is 1.93 bits per heavy atom. The number of rotatable bonds is 4. The molecule has 2 aromatic carbocycles. The molecule has 0 spiro atoms. The summed E-state index contributed by atoms with van der Waals surface area (Å²) in [6, 6.07) is 12.0. The van der Waals surface area contributed by atoms with Crippen LogP contribution in [-0.2, 0) is 9.59 Å². The molecule has 0 saturated heterocycles. The molecule has 0 aliphatic carbocycles. The first-order valence-electron chi connectivity index (χ1n) is 8.62. The molecule has 4 rings (SSSR count). The zero-order valence-electron chi connectivity index (χ0n) is 14.9. The third-order valence-corrected chi connectivity index (χ3v) is 5.32. The third-order valence-electron chi connectivity index (χ3n) is 4.58. The molecule has 2 N–H and O–H groups in total. The van der Waals surface area contributed by atoms with E-state index < -0.39 is 6.04 Å². The summed E-state index contributed by atoms with van der Waals surface area (Å²) in [5, 5.41) is 10.6. The van der Waals surface area contributed by atoms with Crippen molar-refractivity contribution in [3.05, 3.63) is 64.3 Å². The normalized spacial score (nSPS) is 15.2. The highest BCUT2D eigenvalue weighted by Crippen LogP contribution is 2.36. The molecular formula is C20H16Cl2N4O2. The topological polar surface area (TPSA) is 76.0 Å². The van der Waals surface area contributed by atoms with Gasteiger partial charge in [-0.05, 0) is 30.7 Å². The summed E-state index contributed by atoms with van der Waals surface area (Å²) in [7, 11) is 0. The number of carbonyl (C=O) groups excluding carboxylic acids is 2. The van der Waals surface area contributed by atoms with Gasteiger partial charge >= 0.3 is 0 Å². The summed E-state index contributed by atoms with van der Waals surface area (Å²) in [6.07, 6.45) is 1.65. The van der Waals surface area contributed by atoms with E-state index in [9.17, 15) is 9.59 Å². The number of fused-ring (bicyclic) bond motifs is 1. The molecule has 2 amide bonds. The van der Waals surface area contributed by atoms with Gasteiger partial charge in [-0.2, -0.15) is 5.10 Å². The Balaban J connectivity index is 1.52. The van der Waals surface area contributed by atoms with E-state index in [1.54, 1.807) is 29.1 Å². The molecule has 1 aliphatic heterocycles. The lowest BCUT2D eigenvalue weighted by Gasteiger charge is -2.10. The summed E-state index contributed by atoms with van der Waals surface area (Å²) < 4.78 is 1.56. The first-order chi connectivity index (χ1) is 13.4. The van der Waals surface area contributed by atoms with Gasteiger partial charge in [-0.25, -0.2) is 4.68 Å². The lowest BCUT2D eigenvalue weighted by molar-refractivity contribution is -0.123. The van der Waals surface area contributed by atoms with Crippen molar-refractivity contribution < 1.29 is 9.59 Å². The van der Waals surface area contributed by atoms with Crippen LogP contribution in [0.25, 0.3) is 11.1 Å². The average Bonchev–Trinajstić information content (AvgIpc) is 3.19. The third kappa shape index (κ3) is 3.48. The van der Waals surface area contributed by atoms with Crippen LogP contribution < -0.4 is 10.6 Å². The van der Waals surface area contributed by atoms with E-state index in [2.05, 4.69) is 15.7 Å². The van der Waals surface area contributed by atoms with Gasteiger partial charge in [-0.1, -0.05) is 53.0 Å². The van der Waals surface area contributed by atoms with E-state index in [-0.39, 0.29) is 18.2 Å². The number of benzene rings is 2. The minimum Gasteiger partial charge on any atom is -0.326 e. The number of anilines is 2. The fraction of sp³-hybridized carbons (Fsp3) is 0.150. The first kappa shape index (κ1) is 18.5. The van der Waals surface area contributed by atoms with Crippen LogP contribution in [0.1, 0.15) is 18.0 Å². The SMILES string of the molecule is Cc1ccc(-c2cnn3c2NC(=O)C3CC(=O)Nc2ccc(Cl)c(Cl)c2)cc1. The zero-order valence-corrected chi connectivity index (χ0v) is 16.4. The van der Waals surface area contributed by atoms with E-state index in [1.807, 2.05) is 31.2 Å². The van der Waals surface area contributed by atoms with Gasteiger partial charge < -0.3 is 10.6 Å². The summed E-state index contributed by atoms with van der Waals surface area (Å²) in [6.45, 7) is 2.01. The fourth-order valence-corrected chi connectivity index (χ4v) is 3.42. The Hall–Kier alpha value is -2.83. The fourth-order valence-electron chi connectivity index (χ4n) is 3.12. The quantitative estimate of drug-likeness (QED) is 0.649. The van der Waals surface area contributed by atoms with Crippen LogP contribution >= 0.6 is 23.2 Å². The first-order valence-corrected chi connectivity index (χ1v) is 9.38. The minimum atomic E-state index is -0.711. The smallest absolute Gasteiger partial charge is 0.251 e.